The van der Waals surface area contributed by atoms with E-state index in [2.05, 4.69) is 41.9 Å². The van der Waals surface area contributed by atoms with Crippen LogP contribution < -0.4 is 4.90 Å². The topological polar surface area (TPSA) is 53.4 Å². The van der Waals surface area contributed by atoms with Crippen LogP contribution in [0.3, 0.4) is 0 Å². The number of aliphatic carboxylic acids is 1. The molecule has 1 N–H and O–H groups in total. The molecule has 0 spiro atoms. The Balaban J connectivity index is 2.18. The molecule has 1 aromatic carbocycles. The van der Waals surface area contributed by atoms with Gasteiger partial charge in [0.05, 0.1) is 12.1 Å². The van der Waals surface area contributed by atoms with Crippen LogP contribution in [0.5, 0.6) is 0 Å². The maximum atomic E-state index is 10.6. The van der Waals surface area contributed by atoms with Crippen molar-refractivity contribution in [1.82, 2.24) is 4.98 Å². The lowest BCUT2D eigenvalue weighted by Gasteiger charge is -2.20. The standard InChI is InChI=1S/C15H18N2O2S/c1-3-17(13-6-4-5-11(2)9-13)15-16-12(10-20-15)7-8-14(18)19/h4-6,9-10H,3,7-8H2,1-2H3,(H,18,19). The first-order valence-electron chi connectivity index (χ1n) is 6.60. The Bertz CT molecular complexity index is 595. The fraction of sp³-hybridized carbons (Fsp3) is 0.333. The number of aromatic nitrogens is 1. The molecule has 0 aliphatic heterocycles. The van der Waals surface area contributed by atoms with Crippen molar-refractivity contribution in [2.75, 3.05) is 11.4 Å². The maximum absolute atomic E-state index is 10.6. The van der Waals surface area contributed by atoms with Crippen LogP contribution in [-0.4, -0.2) is 22.6 Å². The number of carboxylic acids is 1. The Morgan fingerprint density at radius 3 is 2.90 bits per heavy atom. The van der Waals surface area contributed by atoms with Gasteiger partial charge >= 0.3 is 5.97 Å². The van der Waals surface area contributed by atoms with Crippen molar-refractivity contribution in [3.63, 3.8) is 0 Å². The number of rotatable bonds is 6. The summed E-state index contributed by atoms with van der Waals surface area (Å²) in [6.45, 7) is 4.98. The quantitative estimate of drug-likeness (QED) is 0.882. The summed E-state index contributed by atoms with van der Waals surface area (Å²) in [5.74, 6) is -0.786. The summed E-state index contributed by atoms with van der Waals surface area (Å²) >= 11 is 1.56. The van der Waals surface area contributed by atoms with E-state index in [0.29, 0.717) is 6.42 Å². The van der Waals surface area contributed by atoms with Gasteiger partial charge in [-0.3, -0.25) is 4.79 Å². The minimum absolute atomic E-state index is 0.125. The molecule has 0 aliphatic carbocycles. The van der Waals surface area contributed by atoms with Gasteiger partial charge in [0.2, 0.25) is 0 Å². The summed E-state index contributed by atoms with van der Waals surface area (Å²) < 4.78 is 0. The highest BCUT2D eigenvalue weighted by atomic mass is 32.1. The normalized spacial score (nSPS) is 10.5. The third-order valence-electron chi connectivity index (χ3n) is 3.00. The van der Waals surface area contributed by atoms with Gasteiger partial charge in [-0.1, -0.05) is 12.1 Å². The number of hydrogen-bond donors (Lipinski definition) is 1. The molecule has 0 saturated heterocycles. The molecule has 0 aliphatic rings. The summed E-state index contributed by atoms with van der Waals surface area (Å²) in [6, 6.07) is 8.29. The maximum Gasteiger partial charge on any atom is 0.303 e. The van der Waals surface area contributed by atoms with Crippen molar-refractivity contribution in [2.45, 2.75) is 26.7 Å². The number of anilines is 2. The van der Waals surface area contributed by atoms with E-state index in [9.17, 15) is 4.79 Å². The minimum Gasteiger partial charge on any atom is -0.481 e. The van der Waals surface area contributed by atoms with Crippen molar-refractivity contribution in [3.05, 3.63) is 40.9 Å². The number of hydrogen-bond acceptors (Lipinski definition) is 4. The van der Waals surface area contributed by atoms with Gasteiger partial charge in [0.1, 0.15) is 0 Å². The first-order valence-corrected chi connectivity index (χ1v) is 7.48. The third kappa shape index (κ3) is 3.57. The number of nitrogens with zero attached hydrogens (tertiary/aromatic N) is 2. The van der Waals surface area contributed by atoms with E-state index in [1.165, 1.54) is 5.56 Å². The van der Waals surface area contributed by atoms with E-state index >= 15 is 0 Å². The third-order valence-corrected chi connectivity index (χ3v) is 3.91. The molecule has 0 atom stereocenters. The molecule has 2 rings (SSSR count). The molecule has 0 saturated carbocycles. The largest absolute Gasteiger partial charge is 0.481 e. The highest BCUT2D eigenvalue weighted by Crippen LogP contribution is 2.29. The van der Waals surface area contributed by atoms with Gasteiger partial charge in [-0.2, -0.15) is 0 Å². The van der Waals surface area contributed by atoms with Crippen LogP contribution in [0, 0.1) is 6.92 Å². The smallest absolute Gasteiger partial charge is 0.303 e. The van der Waals surface area contributed by atoms with Gasteiger partial charge in [0.25, 0.3) is 0 Å². The van der Waals surface area contributed by atoms with E-state index in [0.717, 1.165) is 23.1 Å². The lowest BCUT2D eigenvalue weighted by atomic mass is 10.2. The fourth-order valence-corrected chi connectivity index (χ4v) is 2.94. The highest BCUT2D eigenvalue weighted by molar-refractivity contribution is 7.13. The number of carbonyl (C=O) groups is 1. The Labute approximate surface area is 122 Å². The van der Waals surface area contributed by atoms with E-state index in [1.807, 2.05) is 11.4 Å². The van der Waals surface area contributed by atoms with E-state index in [1.54, 1.807) is 11.3 Å². The average molecular weight is 290 g/mol. The summed E-state index contributed by atoms with van der Waals surface area (Å²) in [6.07, 6.45) is 0.608. The molecule has 0 unspecified atom stereocenters. The lowest BCUT2D eigenvalue weighted by Crippen LogP contribution is -2.15. The summed E-state index contributed by atoms with van der Waals surface area (Å²) in [5.41, 5.74) is 3.17. The molecule has 20 heavy (non-hydrogen) atoms. The zero-order valence-corrected chi connectivity index (χ0v) is 12.5. The number of benzene rings is 1. The van der Waals surface area contributed by atoms with E-state index in [4.69, 9.17) is 5.11 Å². The van der Waals surface area contributed by atoms with Crippen LogP contribution >= 0.6 is 11.3 Å². The van der Waals surface area contributed by atoms with Crippen molar-refractivity contribution in [1.29, 1.82) is 0 Å². The Hall–Kier alpha value is -1.88. The summed E-state index contributed by atoms with van der Waals surface area (Å²) in [4.78, 5) is 17.3. The number of thiazole rings is 1. The zero-order valence-electron chi connectivity index (χ0n) is 11.7. The predicted molar refractivity (Wildman–Crippen MR) is 81.9 cm³/mol. The fourth-order valence-electron chi connectivity index (χ4n) is 1.99. The van der Waals surface area contributed by atoms with E-state index < -0.39 is 5.97 Å². The highest BCUT2D eigenvalue weighted by Gasteiger charge is 2.12. The molecule has 1 heterocycles. The first-order chi connectivity index (χ1) is 9.60. The Morgan fingerprint density at radius 2 is 2.25 bits per heavy atom. The monoisotopic (exact) mass is 290 g/mol. The molecule has 0 fully saturated rings. The second kappa shape index (κ2) is 6.52. The second-order valence-electron chi connectivity index (χ2n) is 4.60. The lowest BCUT2D eigenvalue weighted by molar-refractivity contribution is -0.136. The molecule has 1 aromatic heterocycles. The van der Waals surface area contributed by atoms with Crippen molar-refractivity contribution in [2.24, 2.45) is 0 Å². The van der Waals surface area contributed by atoms with Gasteiger partial charge in [0.15, 0.2) is 5.13 Å². The molecule has 2 aromatic rings. The van der Waals surface area contributed by atoms with Gasteiger partial charge in [-0.15, -0.1) is 11.3 Å². The zero-order chi connectivity index (χ0) is 14.5. The SMILES string of the molecule is CCN(c1cccc(C)c1)c1nc(CCC(=O)O)cs1. The van der Waals surface area contributed by atoms with Gasteiger partial charge < -0.3 is 10.0 Å². The molecular formula is C15H18N2O2S. The van der Waals surface area contributed by atoms with Gasteiger partial charge in [-0.25, -0.2) is 4.98 Å². The molecule has 0 radical (unpaired) electrons. The van der Waals surface area contributed by atoms with Crippen LogP contribution in [0.1, 0.15) is 24.6 Å². The predicted octanol–water partition coefficient (Wildman–Crippen LogP) is 3.63. The average Bonchev–Trinajstić information content (AvgIpc) is 2.86. The van der Waals surface area contributed by atoms with Crippen molar-refractivity contribution in [3.8, 4) is 0 Å². The summed E-state index contributed by atoms with van der Waals surface area (Å²) in [5, 5.41) is 11.6. The van der Waals surface area contributed by atoms with Gasteiger partial charge in [0, 0.05) is 24.0 Å². The minimum atomic E-state index is -0.786. The first kappa shape index (κ1) is 14.5. The van der Waals surface area contributed by atoms with Crippen LogP contribution in [0.4, 0.5) is 10.8 Å². The molecule has 0 bridgehead atoms. The van der Waals surface area contributed by atoms with E-state index in [-0.39, 0.29) is 6.42 Å². The molecule has 5 heteroatoms. The second-order valence-corrected chi connectivity index (χ2v) is 5.43. The Morgan fingerprint density at radius 1 is 1.45 bits per heavy atom. The van der Waals surface area contributed by atoms with Crippen LogP contribution in [0.15, 0.2) is 29.6 Å². The number of aryl methyl sites for hydroxylation is 2. The molecule has 106 valence electrons. The Kier molecular flexibility index (Phi) is 4.74. The van der Waals surface area contributed by atoms with Crippen LogP contribution in [0.2, 0.25) is 0 Å². The van der Waals surface area contributed by atoms with Crippen LogP contribution in [-0.2, 0) is 11.2 Å². The van der Waals surface area contributed by atoms with Crippen LogP contribution in [0.25, 0.3) is 0 Å². The van der Waals surface area contributed by atoms with Crippen molar-refractivity contribution >= 4 is 28.1 Å². The number of carboxylic acid groups (broad SMARTS) is 1. The molecule has 0 amide bonds. The van der Waals surface area contributed by atoms with Gasteiger partial charge in [-0.05, 0) is 31.5 Å². The molecular weight excluding hydrogens is 272 g/mol. The summed E-state index contributed by atoms with van der Waals surface area (Å²) in [7, 11) is 0. The van der Waals surface area contributed by atoms with Crippen molar-refractivity contribution < 1.29 is 9.90 Å². The molecule has 4 nitrogen and oxygen atoms in total.